The van der Waals surface area contributed by atoms with Gasteiger partial charge in [0.25, 0.3) is 0 Å². The first-order valence-corrected chi connectivity index (χ1v) is 23.0. The zero-order valence-corrected chi connectivity index (χ0v) is 32.3. The van der Waals surface area contributed by atoms with Gasteiger partial charge in [0, 0.05) is 12.3 Å². The van der Waals surface area contributed by atoms with Crippen LogP contribution in [0.5, 0.6) is 0 Å². The highest BCUT2D eigenvalue weighted by Gasteiger charge is 2.48. The minimum atomic E-state index is -2.05. The molecule has 0 bridgehead atoms. The fourth-order valence-corrected chi connectivity index (χ4v) is 8.36. The average Bonchev–Trinajstić information content (AvgIpc) is 3.22. The van der Waals surface area contributed by atoms with Crippen molar-refractivity contribution in [1.29, 1.82) is 0 Å². The Hall–Kier alpha value is -1.26. The lowest BCUT2D eigenvalue weighted by molar-refractivity contribution is -0.140. The fraction of sp³-hybridized carbons (Fsp3) is 0.757. The summed E-state index contributed by atoms with van der Waals surface area (Å²) in [6, 6.07) is 9.14. The maximum absolute atomic E-state index is 11.5. The van der Waals surface area contributed by atoms with Gasteiger partial charge in [-0.3, -0.25) is 4.79 Å². The number of hydrogen-bond donors (Lipinski definition) is 1. The van der Waals surface area contributed by atoms with Gasteiger partial charge in [-0.2, -0.15) is 0 Å². The molecular weight excluding hydrogens is 581 g/mol. The number of allylic oxidation sites excluding steroid dienone is 2. The van der Waals surface area contributed by atoms with Gasteiger partial charge in [0.2, 0.25) is 0 Å². The van der Waals surface area contributed by atoms with Crippen LogP contribution in [0.3, 0.4) is 0 Å². The molecule has 0 spiro atoms. The largest absolute Gasteiger partial charge is 0.469 e. The number of carbonyl (C=O) groups excluding carboxylic acids is 1. The molecule has 0 saturated heterocycles. The zero-order valence-electron chi connectivity index (χ0n) is 30.3. The number of rotatable bonds is 16. The summed E-state index contributed by atoms with van der Waals surface area (Å²) in [6.07, 6.45) is 12.1. The third-order valence-corrected chi connectivity index (χ3v) is 19.6. The number of methoxy groups -OCH3 is 1. The predicted octanol–water partition coefficient (Wildman–Crippen LogP) is 10.5. The van der Waals surface area contributed by atoms with Crippen molar-refractivity contribution in [3.63, 3.8) is 0 Å². The number of aliphatic hydroxyl groups is 1. The molecule has 0 aromatic heterocycles. The monoisotopic (exact) mass is 646 g/mol. The number of benzene rings is 1. The average molecular weight is 647 g/mol. The summed E-state index contributed by atoms with van der Waals surface area (Å²) in [5.74, 6) is 0.0325. The molecule has 7 heteroatoms. The third kappa shape index (κ3) is 10.9. The van der Waals surface area contributed by atoms with Gasteiger partial charge in [-0.25, -0.2) is 0 Å². The Labute approximate surface area is 272 Å². The van der Waals surface area contributed by atoms with Gasteiger partial charge in [-0.05, 0) is 85.4 Å². The SMILES string of the molecule is CCCCCC(O[Si](C)(C)C(C)(C)C)c1ccc([C@@H]2[C@@H](CC=CCCCC(=O)OC)[C@H](O)C[C@H]2O[Si](C)(C)C(C)(C)C)cc1. The maximum atomic E-state index is 11.5. The Morgan fingerprint density at radius 3 is 2.11 bits per heavy atom. The number of ether oxygens (including phenoxy) is 1. The van der Waals surface area contributed by atoms with Crippen LogP contribution in [-0.4, -0.2) is 47.0 Å². The highest BCUT2D eigenvalue weighted by Crippen LogP contribution is 2.48. The first-order chi connectivity index (χ1) is 20.3. The number of hydrogen-bond acceptors (Lipinski definition) is 5. The van der Waals surface area contributed by atoms with Crippen LogP contribution in [0.4, 0.5) is 0 Å². The van der Waals surface area contributed by atoms with Gasteiger partial charge in [0.15, 0.2) is 16.6 Å². The molecule has 1 saturated carbocycles. The molecular formula is C37H66O5Si2. The minimum absolute atomic E-state index is 0.0155. The van der Waals surface area contributed by atoms with Crippen molar-refractivity contribution in [2.45, 2.75) is 167 Å². The van der Waals surface area contributed by atoms with E-state index in [1.807, 2.05) is 0 Å². The van der Waals surface area contributed by atoms with Crippen molar-refractivity contribution in [2.75, 3.05) is 7.11 Å². The normalized spacial score (nSPS) is 22.5. The number of carbonyl (C=O) groups is 1. The maximum Gasteiger partial charge on any atom is 0.305 e. The first-order valence-electron chi connectivity index (χ1n) is 17.2. The van der Waals surface area contributed by atoms with Crippen molar-refractivity contribution >= 4 is 22.6 Å². The Kier molecular flexibility index (Phi) is 14.6. The molecule has 1 unspecified atom stereocenters. The van der Waals surface area contributed by atoms with E-state index in [2.05, 4.69) is 111 Å². The third-order valence-electron chi connectivity index (χ3n) is 10.6. The Morgan fingerprint density at radius 2 is 1.57 bits per heavy atom. The van der Waals surface area contributed by atoms with E-state index in [-0.39, 0.29) is 40.1 Å². The smallest absolute Gasteiger partial charge is 0.305 e. The summed E-state index contributed by atoms with van der Waals surface area (Å²) in [7, 11) is -2.56. The molecule has 0 aliphatic heterocycles. The molecule has 1 aromatic rings. The standard InChI is InChI=1S/C37H66O5Si2/c1-13-14-17-21-32(41-43(9,10)36(2,3)4)28-23-25-29(26-24-28)35-30(20-18-15-16-19-22-34(39)40-8)31(38)27-33(35)42-44(11,12)37(5,6)7/h15,18,23-26,30-33,35,38H,13-14,16-17,19-22,27H2,1-12H3/t30-,31+,32?,33+,35+/m0/s1. The predicted molar refractivity (Wildman–Crippen MR) is 190 cm³/mol. The van der Waals surface area contributed by atoms with Crippen LogP contribution in [-0.2, 0) is 18.4 Å². The topological polar surface area (TPSA) is 65.0 Å². The number of unbranched alkanes of at least 4 members (excludes halogenated alkanes) is 3. The second-order valence-electron chi connectivity index (χ2n) is 16.1. The molecule has 0 heterocycles. The second kappa shape index (κ2) is 16.5. The molecule has 0 amide bonds. The molecule has 5 nitrogen and oxygen atoms in total. The van der Waals surface area contributed by atoms with Crippen molar-refractivity contribution in [1.82, 2.24) is 0 Å². The van der Waals surface area contributed by atoms with Crippen molar-refractivity contribution in [3.8, 4) is 0 Å². The van der Waals surface area contributed by atoms with Crippen LogP contribution in [0.2, 0.25) is 36.3 Å². The molecule has 44 heavy (non-hydrogen) atoms. The van der Waals surface area contributed by atoms with E-state index in [0.29, 0.717) is 12.8 Å². The zero-order chi connectivity index (χ0) is 33.3. The highest BCUT2D eigenvalue weighted by atomic mass is 28.4. The summed E-state index contributed by atoms with van der Waals surface area (Å²) in [5.41, 5.74) is 2.51. The van der Waals surface area contributed by atoms with E-state index in [4.69, 9.17) is 13.6 Å². The van der Waals surface area contributed by atoms with Crippen molar-refractivity contribution in [3.05, 3.63) is 47.5 Å². The van der Waals surface area contributed by atoms with E-state index in [9.17, 15) is 9.90 Å². The molecule has 1 N–H and O–H groups in total. The van der Waals surface area contributed by atoms with Gasteiger partial charge in [0.05, 0.1) is 25.4 Å². The molecule has 1 aliphatic carbocycles. The van der Waals surface area contributed by atoms with Gasteiger partial charge in [0.1, 0.15) is 0 Å². The fourth-order valence-electron chi connectivity index (χ4n) is 5.69. The van der Waals surface area contributed by atoms with Gasteiger partial charge >= 0.3 is 5.97 Å². The van der Waals surface area contributed by atoms with Crippen LogP contribution in [0.1, 0.15) is 129 Å². The van der Waals surface area contributed by atoms with Gasteiger partial charge in [-0.1, -0.05) is 104 Å². The van der Waals surface area contributed by atoms with Crippen LogP contribution in [0, 0.1) is 5.92 Å². The lowest BCUT2D eigenvalue weighted by Gasteiger charge is -2.40. The quantitative estimate of drug-likeness (QED) is 0.0838. The molecule has 2 rings (SSSR count). The Balaban J connectivity index is 2.37. The molecule has 1 fully saturated rings. The first kappa shape index (κ1) is 38.9. The second-order valence-corrected chi connectivity index (χ2v) is 25.6. The number of aliphatic hydroxyl groups excluding tert-OH is 1. The Bertz CT molecular complexity index is 1040. The molecule has 0 radical (unpaired) electrons. The van der Waals surface area contributed by atoms with E-state index in [1.54, 1.807) is 0 Å². The Morgan fingerprint density at radius 1 is 0.955 bits per heavy atom. The molecule has 1 aromatic carbocycles. The summed E-state index contributed by atoms with van der Waals surface area (Å²) in [4.78, 5) is 11.5. The number of esters is 1. The summed E-state index contributed by atoms with van der Waals surface area (Å²) in [5, 5.41) is 11.6. The summed E-state index contributed by atoms with van der Waals surface area (Å²) >= 11 is 0. The van der Waals surface area contributed by atoms with Crippen LogP contribution in [0.15, 0.2) is 36.4 Å². The van der Waals surface area contributed by atoms with Gasteiger partial charge in [-0.15, -0.1) is 0 Å². The lowest BCUT2D eigenvalue weighted by Crippen LogP contribution is -2.44. The highest BCUT2D eigenvalue weighted by molar-refractivity contribution is 6.74. The van der Waals surface area contributed by atoms with E-state index in [1.165, 1.54) is 37.5 Å². The molecule has 252 valence electrons. The van der Waals surface area contributed by atoms with Crippen LogP contribution in [0.25, 0.3) is 0 Å². The van der Waals surface area contributed by atoms with Crippen molar-refractivity contribution < 1.29 is 23.5 Å². The minimum Gasteiger partial charge on any atom is -0.469 e. The van der Waals surface area contributed by atoms with E-state index >= 15 is 0 Å². The molecule has 5 atom stereocenters. The van der Waals surface area contributed by atoms with E-state index in [0.717, 1.165) is 25.7 Å². The van der Waals surface area contributed by atoms with Gasteiger partial charge < -0.3 is 18.7 Å². The summed E-state index contributed by atoms with van der Waals surface area (Å²) < 4.78 is 18.8. The van der Waals surface area contributed by atoms with E-state index < -0.39 is 22.7 Å². The van der Waals surface area contributed by atoms with Crippen LogP contribution < -0.4 is 0 Å². The van der Waals surface area contributed by atoms with Crippen LogP contribution >= 0.6 is 0 Å². The molecule has 1 aliphatic rings. The lowest BCUT2D eigenvalue weighted by atomic mass is 9.84. The van der Waals surface area contributed by atoms with Crippen molar-refractivity contribution in [2.24, 2.45) is 5.92 Å². The summed E-state index contributed by atoms with van der Waals surface area (Å²) in [6.45, 7) is 25.4.